The van der Waals surface area contributed by atoms with Gasteiger partial charge in [0.15, 0.2) is 0 Å². The van der Waals surface area contributed by atoms with Crippen LogP contribution in [-0.2, 0) is 0 Å². The van der Waals surface area contributed by atoms with Crippen LogP contribution in [0.2, 0.25) is 0 Å². The molecule has 2 N–H and O–H groups in total. The second-order valence-electron chi connectivity index (χ2n) is 7.80. The van der Waals surface area contributed by atoms with E-state index in [2.05, 4.69) is 64.6 Å². The summed E-state index contributed by atoms with van der Waals surface area (Å²) in [7, 11) is 0. The number of hydrogen-bond donors (Lipinski definition) is 2. The smallest absolute Gasteiger partial charge is 0.0736 e. The van der Waals surface area contributed by atoms with Crippen LogP contribution in [0, 0.1) is 0 Å². The molecule has 0 amide bonds. The first-order valence-corrected chi connectivity index (χ1v) is 10.8. The zero-order valence-electron chi connectivity index (χ0n) is 17.0. The SMILES string of the molecule is S=Cc1cccc(-c2c3nc(cc4ccc(cc5nc(cc6ccc2[nH]6)C=C5)[nH]4)C=C3)c1. The van der Waals surface area contributed by atoms with Gasteiger partial charge in [-0.1, -0.05) is 30.4 Å². The molecule has 0 fully saturated rings. The molecular weight excluding hydrogens is 412 g/mol. The number of nitrogens with zero attached hydrogens (tertiary/aromatic N) is 2. The second-order valence-corrected chi connectivity index (χ2v) is 8.03. The van der Waals surface area contributed by atoms with Crippen molar-refractivity contribution in [2.45, 2.75) is 0 Å². The maximum Gasteiger partial charge on any atom is 0.0736 e. The molecule has 5 heteroatoms. The molecule has 4 nitrogen and oxygen atoms in total. The van der Waals surface area contributed by atoms with E-state index in [-0.39, 0.29) is 0 Å². The van der Waals surface area contributed by atoms with Gasteiger partial charge in [-0.15, -0.1) is 0 Å². The summed E-state index contributed by atoms with van der Waals surface area (Å²) in [6.45, 7) is 0. The van der Waals surface area contributed by atoms with Crippen molar-refractivity contribution in [3.63, 3.8) is 0 Å². The Morgan fingerprint density at radius 1 is 0.656 bits per heavy atom. The Morgan fingerprint density at radius 3 is 2.06 bits per heavy atom. The van der Waals surface area contributed by atoms with Gasteiger partial charge in [-0.25, -0.2) is 9.97 Å². The maximum atomic E-state index is 5.17. The highest BCUT2D eigenvalue weighted by molar-refractivity contribution is 7.79. The standard InChI is InChI=1S/C27H18N4S/c32-16-17-2-1-3-18(12-17)27-25-10-8-23(30-25)14-21-6-4-19(28-21)13-20-5-7-22(29-20)15-24-9-11-26(27)31-24/h1-16,28,31H. The Labute approximate surface area is 190 Å². The van der Waals surface area contributed by atoms with Crippen molar-refractivity contribution in [2.24, 2.45) is 0 Å². The van der Waals surface area contributed by atoms with Crippen LogP contribution in [-0.4, -0.2) is 25.3 Å². The van der Waals surface area contributed by atoms with Gasteiger partial charge >= 0.3 is 0 Å². The molecule has 0 spiro atoms. The minimum Gasteiger partial charge on any atom is -0.355 e. The highest BCUT2D eigenvalue weighted by atomic mass is 32.1. The van der Waals surface area contributed by atoms with Crippen LogP contribution in [0.25, 0.3) is 57.5 Å². The predicted molar refractivity (Wildman–Crippen MR) is 137 cm³/mol. The third-order valence-corrected chi connectivity index (χ3v) is 5.80. The van der Waals surface area contributed by atoms with Crippen molar-refractivity contribution < 1.29 is 0 Å². The van der Waals surface area contributed by atoms with E-state index in [0.717, 1.165) is 61.5 Å². The van der Waals surface area contributed by atoms with E-state index in [4.69, 9.17) is 22.2 Å². The van der Waals surface area contributed by atoms with Gasteiger partial charge in [0.25, 0.3) is 0 Å². The molecule has 0 aliphatic carbocycles. The monoisotopic (exact) mass is 430 g/mol. The zero-order valence-corrected chi connectivity index (χ0v) is 17.9. The van der Waals surface area contributed by atoms with E-state index in [1.165, 1.54) is 0 Å². The highest BCUT2D eigenvalue weighted by Gasteiger charge is 2.11. The molecule has 1 aromatic carbocycles. The van der Waals surface area contributed by atoms with Gasteiger partial charge in [-0.2, -0.15) is 0 Å². The second kappa shape index (κ2) is 7.55. The lowest BCUT2D eigenvalue weighted by Gasteiger charge is -2.05. The van der Waals surface area contributed by atoms with Crippen molar-refractivity contribution >= 4 is 64.0 Å². The van der Waals surface area contributed by atoms with Crippen LogP contribution in [0.5, 0.6) is 0 Å². The summed E-state index contributed by atoms with van der Waals surface area (Å²) in [5, 5.41) is 1.70. The molecule has 0 atom stereocenters. The Kier molecular flexibility index (Phi) is 4.40. The van der Waals surface area contributed by atoms with E-state index >= 15 is 0 Å². The first kappa shape index (κ1) is 18.7. The number of rotatable bonds is 2. The van der Waals surface area contributed by atoms with Gasteiger partial charge < -0.3 is 9.97 Å². The van der Waals surface area contributed by atoms with E-state index < -0.39 is 0 Å². The van der Waals surface area contributed by atoms with E-state index in [9.17, 15) is 0 Å². The van der Waals surface area contributed by atoms with Crippen LogP contribution >= 0.6 is 12.2 Å². The number of nitrogens with one attached hydrogen (secondary N) is 2. The molecule has 5 heterocycles. The van der Waals surface area contributed by atoms with Gasteiger partial charge in [-0.3, -0.25) is 0 Å². The largest absolute Gasteiger partial charge is 0.355 e. The molecule has 6 rings (SSSR count). The van der Waals surface area contributed by atoms with Crippen LogP contribution in [0.15, 0.2) is 66.7 Å². The van der Waals surface area contributed by atoms with E-state index in [0.29, 0.717) is 0 Å². The Hall–Kier alpha value is -4.09. The molecule has 2 aliphatic rings. The summed E-state index contributed by atoms with van der Waals surface area (Å²) in [6.07, 6.45) is 8.16. The number of H-pyrrole nitrogens is 2. The van der Waals surface area contributed by atoms with Gasteiger partial charge in [0.1, 0.15) is 0 Å². The van der Waals surface area contributed by atoms with Crippen molar-refractivity contribution in [1.82, 2.24) is 19.9 Å². The van der Waals surface area contributed by atoms with Crippen LogP contribution in [0.3, 0.4) is 0 Å². The van der Waals surface area contributed by atoms with Crippen molar-refractivity contribution in [3.8, 4) is 11.1 Å². The highest BCUT2D eigenvalue weighted by Crippen LogP contribution is 2.30. The Bertz CT molecular complexity index is 1600. The third-order valence-electron chi connectivity index (χ3n) is 5.53. The molecule has 4 aromatic rings. The summed E-state index contributed by atoms with van der Waals surface area (Å²) in [5.74, 6) is 0. The topological polar surface area (TPSA) is 57.4 Å². The summed E-state index contributed by atoms with van der Waals surface area (Å²) in [6, 6.07) is 22.6. The van der Waals surface area contributed by atoms with Crippen LogP contribution in [0.1, 0.15) is 28.3 Å². The summed E-state index contributed by atoms with van der Waals surface area (Å²) in [4.78, 5) is 16.6. The predicted octanol–water partition coefficient (Wildman–Crippen LogP) is 6.67. The number of benzene rings is 1. The molecule has 8 bridgehead atoms. The summed E-state index contributed by atoms with van der Waals surface area (Å²) >= 11 is 5.17. The maximum absolute atomic E-state index is 5.17. The van der Waals surface area contributed by atoms with E-state index in [1.54, 1.807) is 5.37 Å². The summed E-state index contributed by atoms with van der Waals surface area (Å²) < 4.78 is 0. The molecule has 0 saturated carbocycles. The van der Waals surface area contributed by atoms with Crippen LogP contribution < -0.4 is 0 Å². The third kappa shape index (κ3) is 3.49. The average molecular weight is 431 g/mol. The molecule has 3 aromatic heterocycles. The fraction of sp³-hybridized carbons (Fsp3) is 0. The number of aromatic nitrogens is 4. The molecule has 32 heavy (non-hydrogen) atoms. The molecule has 0 saturated heterocycles. The number of aromatic amines is 2. The Balaban J connectivity index is 1.72. The van der Waals surface area contributed by atoms with Crippen LogP contribution in [0.4, 0.5) is 0 Å². The number of thiocarbonyl (C=S) groups is 1. The van der Waals surface area contributed by atoms with Gasteiger partial charge in [0.2, 0.25) is 0 Å². The van der Waals surface area contributed by atoms with Gasteiger partial charge in [0.05, 0.1) is 22.8 Å². The fourth-order valence-electron chi connectivity index (χ4n) is 4.08. The summed E-state index contributed by atoms with van der Waals surface area (Å²) in [5.41, 5.74) is 10.7. The minimum absolute atomic E-state index is 0.899. The number of fused-ring (bicyclic) bond motifs is 8. The van der Waals surface area contributed by atoms with Gasteiger partial charge in [0, 0.05) is 33.0 Å². The molecule has 152 valence electrons. The minimum atomic E-state index is 0.899. The van der Waals surface area contributed by atoms with E-state index in [1.807, 2.05) is 36.4 Å². The number of hydrogen-bond acceptors (Lipinski definition) is 3. The zero-order chi connectivity index (χ0) is 21.5. The van der Waals surface area contributed by atoms with Crippen molar-refractivity contribution in [2.75, 3.05) is 0 Å². The fourth-order valence-corrected chi connectivity index (χ4v) is 4.23. The molecule has 2 aliphatic heterocycles. The first-order valence-electron chi connectivity index (χ1n) is 10.4. The molecule has 0 unspecified atom stereocenters. The van der Waals surface area contributed by atoms with Gasteiger partial charge in [-0.05, 0) is 84.0 Å². The lowest BCUT2D eigenvalue weighted by atomic mass is 10.0. The quantitative estimate of drug-likeness (QED) is 0.302. The van der Waals surface area contributed by atoms with Crippen molar-refractivity contribution in [3.05, 3.63) is 95.1 Å². The van der Waals surface area contributed by atoms with Crippen molar-refractivity contribution in [1.29, 1.82) is 0 Å². The normalized spacial score (nSPS) is 12.2. The lowest BCUT2D eigenvalue weighted by molar-refractivity contribution is 1.31. The molecule has 0 radical (unpaired) electrons. The Morgan fingerprint density at radius 2 is 1.31 bits per heavy atom. The lowest BCUT2D eigenvalue weighted by Crippen LogP contribution is -1.87. The molecular formula is C27H18N4S. The first-order chi connectivity index (χ1) is 15.7. The average Bonchev–Trinajstić information content (AvgIpc) is 3.60.